The summed E-state index contributed by atoms with van der Waals surface area (Å²) in [6.07, 6.45) is 2.85. The molecule has 2 aliphatic rings. The summed E-state index contributed by atoms with van der Waals surface area (Å²) in [5, 5.41) is 3.23. The molecule has 0 aromatic rings. The minimum Gasteiger partial charge on any atom is -0.381 e. The van der Waals surface area contributed by atoms with Gasteiger partial charge in [-0.25, -0.2) is 0 Å². The van der Waals surface area contributed by atoms with Crippen molar-refractivity contribution in [3.63, 3.8) is 0 Å². The molecule has 2 saturated heterocycles. The summed E-state index contributed by atoms with van der Waals surface area (Å²) in [5.74, 6) is -0.280. The lowest BCUT2D eigenvalue weighted by Gasteiger charge is -2.28. The molecule has 6 heteroatoms. The van der Waals surface area contributed by atoms with Gasteiger partial charge in [-0.3, -0.25) is 9.59 Å². The Morgan fingerprint density at radius 2 is 2.00 bits per heavy atom. The van der Waals surface area contributed by atoms with Gasteiger partial charge in [-0.05, 0) is 31.7 Å². The zero-order valence-corrected chi connectivity index (χ0v) is 12.3. The number of carbonyl (C=O) groups is 2. The second-order valence-electron chi connectivity index (χ2n) is 5.64. The minimum absolute atomic E-state index is 0.358. The van der Waals surface area contributed by atoms with Gasteiger partial charge in [0.25, 0.3) is 0 Å². The van der Waals surface area contributed by atoms with Crippen LogP contribution in [0.3, 0.4) is 0 Å². The van der Waals surface area contributed by atoms with Crippen molar-refractivity contribution < 1.29 is 14.3 Å². The van der Waals surface area contributed by atoms with Crippen LogP contribution in [0.15, 0.2) is 0 Å². The molecule has 1 N–H and O–H groups in total. The van der Waals surface area contributed by atoms with Crippen molar-refractivity contribution in [2.45, 2.75) is 19.3 Å². The Hall–Kier alpha value is -1.14. The smallest absolute Gasteiger partial charge is 0.312 e. The molecule has 0 aliphatic carbocycles. The Bertz CT molecular complexity index is 335. The fourth-order valence-electron chi connectivity index (χ4n) is 2.75. The number of carbonyl (C=O) groups excluding carboxylic acids is 2. The van der Waals surface area contributed by atoms with E-state index in [0.29, 0.717) is 25.6 Å². The standard InChI is InChI=1S/C14H25N3O3/c1-16(11-12-3-9-20-10-4-12)13(18)14(19)17-7-2-5-15-6-8-17/h12,15H,2-11H2,1H3. The molecule has 2 fully saturated rings. The van der Waals surface area contributed by atoms with E-state index in [0.717, 1.165) is 45.6 Å². The zero-order chi connectivity index (χ0) is 14.4. The van der Waals surface area contributed by atoms with Gasteiger partial charge in [0.1, 0.15) is 0 Å². The van der Waals surface area contributed by atoms with E-state index < -0.39 is 0 Å². The molecule has 0 saturated carbocycles. The van der Waals surface area contributed by atoms with Crippen LogP contribution in [0, 0.1) is 5.92 Å². The Morgan fingerprint density at radius 3 is 2.75 bits per heavy atom. The van der Waals surface area contributed by atoms with Gasteiger partial charge < -0.3 is 19.9 Å². The van der Waals surface area contributed by atoms with Gasteiger partial charge in [0.15, 0.2) is 0 Å². The molecule has 2 heterocycles. The van der Waals surface area contributed by atoms with Crippen LogP contribution in [-0.4, -0.2) is 74.6 Å². The van der Waals surface area contributed by atoms with Crippen molar-refractivity contribution in [2.24, 2.45) is 5.92 Å². The van der Waals surface area contributed by atoms with Gasteiger partial charge in [0.2, 0.25) is 0 Å². The summed E-state index contributed by atoms with van der Waals surface area (Å²) in [6, 6.07) is 0. The highest BCUT2D eigenvalue weighted by molar-refractivity contribution is 6.34. The molecule has 0 atom stereocenters. The van der Waals surface area contributed by atoms with Gasteiger partial charge in [-0.15, -0.1) is 0 Å². The maximum absolute atomic E-state index is 12.2. The molecule has 114 valence electrons. The molecule has 2 rings (SSSR count). The van der Waals surface area contributed by atoms with E-state index in [4.69, 9.17) is 4.74 Å². The SMILES string of the molecule is CN(CC1CCOCC1)C(=O)C(=O)N1CCCNCC1. The highest BCUT2D eigenvalue weighted by atomic mass is 16.5. The number of nitrogens with zero attached hydrogens (tertiary/aromatic N) is 2. The number of hydrogen-bond acceptors (Lipinski definition) is 4. The summed E-state index contributed by atoms with van der Waals surface area (Å²) >= 11 is 0. The molecule has 0 radical (unpaired) electrons. The highest BCUT2D eigenvalue weighted by Gasteiger charge is 2.27. The van der Waals surface area contributed by atoms with Gasteiger partial charge >= 0.3 is 11.8 Å². The van der Waals surface area contributed by atoms with E-state index in [1.54, 1.807) is 16.8 Å². The molecular weight excluding hydrogens is 258 g/mol. The van der Waals surface area contributed by atoms with Crippen molar-refractivity contribution in [3.8, 4) is 0 Å². The predicted molar refractivity (Wildman–Crippen MR) is 75.2 cm³/mol. The van der Waals surface area contributed by atoms with Crippen molar-refractivity contribution in [1.29, 1.82) is 0 Å². The molecule has 2 amide bonds. The first-order valence-electron chi connectivity index (χ1n) is 7.51. The molecule has 20 heavy (non-hydrogen) atoms. The van der Waals surface area contributed by atoms with Crippen LogP contribution in [0.2, 0.25) is 0 Å². The molecular formula is C14H25N3O3. The summed E-state index contributed by atoms with van der Waals surface area (Å²) in [7, 11) is 1.73. The third-order valence-corrected chi connectivity index (χ3v) is 4.03. The average Bonchev–Trinajstić information content (AvgIpc) is 2.75. The number of ether oxygens (including phenoxy) is 1. The minimum atomic E-state index is -0.376. The predicted octanol–water partition coefficient (Wildman–Crippen LogP) is -0.307. The number of nitrogens with one attached hydrogen (secondary N) is 1. The molecule has 6 nitrogen and oxygen atoms in total. The first kappa shape index (κ1) is 15.3. The van der Waals surface area contributed by atoms with Crippen LogP contribution in [0.1, 0.15) is 19.3 Å². The van der Waals surface area contributed by atoms with E-state index >= 15 is 0 Å². The van der Waals surface area contributed by atoms with E-state index in [9.17, 15) is 9.59 Å². The summed E-state index contributed by atoms with van der Waals surface area (Å²) in [5.41, 5.74) is 0. The topological polar surface area (TPSA) is 61.9 Å². The average molecular weight is 283 g/mol. The fourth-order valence-corrected chi connectivity index (χ4v) is 2.75. The summed E-state index contributed by atoms with van der Waals surface area (Å²) < 4.78 is 5.31. The fraction of sp³-hybridized carbons (Fsp3) is 0.857. The van der Waals surface area contributed by atoms with E-state index in [2.05, 4.69) is 5.32 Å². The molecule has 0 aromatic carbocycles. The number of amides is 2. The first-order valence-corrected chi connectivity index (χ1v) is 7.51. The quantitative estimate of drug-likeness (QED) is 0.707. The monoisotopic (exact) mass is 283 g/mol. The second kappa shape index (κ2) is 7.59. The summed E-state index contributed by atoms with van der Waals surface area (Å²) in [4.78, 5) is 27.7. The second-order valence-corrected chi connectivity index (χ2v) is 5.64. The molecule has 0 aromatic heterocycles. The number of likely N-dealkylation sites (N-methyl/N-ethyl adjacent to an activating group) is 1. The van der Waals surface area contributed by atoms with Crippen LogP contribution in [-0.2, 0) is 14.3 Å². The van der Waals surface area contributed by atoms with Crippen LogP contribution in [0.4, 0.5) is 0 Å². The largest absolute Gasteiger partial charge is 0.381 e. The van der Waals surface area contributed by atoms with E-state index in [1.807, 2.05) is 0 Å². The third kappa shape index (κ3) is 4.18. The first-order chi connectivity index (χ1) is 9.68. The third-order valence-electron chi connectivity index (χ3n) is 4.03. The lowest BCUT2D eigenvalue weighted by molar-refractivity contribution is -0.151. The number of rotatable bonds is 2. The van der Waals surface area contributed by atoms with Crippen LogP contribution < -0.4 is 5.32 Å². The van der Waals surface area contributed by atoms with Gasteiger partial charge in [0.05, 0.1) is 0 Å². The lowest BCUT2D eigenvalue weighted by atomic mass is 10.00. The van der Waals surface area contributed by atoms with Crippen LogP contribution in [0.25, 0.3) is 0 Å². The Morgan fingerprint density at radius 1 is 1.25 bits per heavy atom. The number of hydrogen-bond donors (Lipinski definition) is 1. The van der Waals surface area contributed by atoms with E-state index in [1.165, 1.54) is 0 Å². The molecule has 2 aliphatic heterocycles. The highest BCUT2D eigenvalue weighted by Crippen LogP contribution is 2.15. The molecule has 0 unspecified atom stereocenters. The van der Waals surface area contributed by atoms with Crippen molar-refractivity contribution in [2.75, 3.05) is 53.0 Å². The Balaban J connectivity index is 1.83. The lowest BCUT2D eigenvalue weighted by Crippen LogP contribution is -2.46. The van der Waals surface area contributed by atoms with Crippen LogP contribution in [0.5, 0.6) is 0 Å². The zero-order valence-electron chi connectivity index (χ0n) is 12.3. The van der Waals surface area contributed by atoms with Gasteiger partial charge in [-0.2, -0.15) is 0 Å². The van der Waals surface area contributed by atoms with Crippen LogP contribution >= 0.6 is 0 Å². The van der Waals surface area contributed by atoms with Gasteiger partial charge in [0, 0.05) is 46.4 Å². The van der Waals surface area contributed by atoms with E-state index in [-0.39, 0.29) is 11.8 Å². The van der Waals surface area contributed by atoms with Gasteiger partial charge in [-0.1, -0.05) is 0 Å². The maximum atomic E-state index is 12.2. The summed E-state index contributed by atoms with van der Waals surface area (Å²) in [6.45, 7) is 5.15. The van der Waals surface area contributed by atoms with Crippen molar-refractivity contribution >= 4 is 11.8 Å². The van der Waals surface area contributed by atoms with Crippen molar-refractivity contribution in [1.82, 2.24) is 15.1 Å². The normalized spacial score (nSPS) is 21.4. The van der Waals surface area contributed by atoms with Crippen molar-refractivity contribution in [3.05, 3.63) is 0 Å². The molecule has 0 spiro atoms. The Labute approximate surface area is 120 Å². The maximum Gasteiger partial charge on any atom is 0.312 e. The Kier molecular flexibility index (Phi) is 5.79. The molecule has 0 bridgehead atoms.